The largest absolute Gasteiger partial charge is 0.385 e. The molecule has 2 N–H and O–H groups in total. The second kappa shape index (κ2) is 5.54. The average molecular weight is 290 g/mol. The summed E-state index contributed by atoms with van der Waals surface area (Å²) in [5.74, 6) is 1.31. The standard InChI is InChI=1S/C15H19FN4O/c1-11-17-14(19-18-11)10-20-8-6-15(21,7-9-20)12-2-4-13(16)5-3-12/h2-5,21H,6-10H2,1H3,(H,17,18,19). The van der Waals surface area contributed by atoms with Crippen LogP contribution in [0.15, 0.2) is 24.3 Å². The van der Waals surface area contributed by atoms with Crippen LogP contribution in [0.2, 0.25) is 0 Å². The zero-order valence-corrected chi connectivity index (χ0v) is 12.0. The minimum atomic E-state index is -0.862. The van der Waals surface area contributed by atoms with Crippen molar-refractivity contribution in [2.45, 2.75) is 31.9 Å². The first-order valence-corrected chi connectivity index (χ1v) is 7.14. The van der Waals surface area contributed by atoms with E-state index in [9.17, 15) is 9.50 Å². The Morgan fingerprint density at radius 2 is 1.95 bits per heavy atom. The van der Waals surface area contributed by atoms with Crippen LogP contribution in [0.25, 0.3) is 0 Å². The lowest BCUT2D eigenvalue weighted by molar-refractivity contribution is -0.0282. The first-order chi connectivity index (χ1) is 10.0. The van der Waals surface area contributed by atoms with Crippen LogP contribution in [-0.2, 0) is 12.1 Å². The molecule has 5 nitrogen and oxygen atoms in total. The molecule has 21 heavy (non-hydrogen) atoms. The molecule has 0 saturated carbocycles. The van der Waals surface area contributed by atoms with Crippen molar-refractivity contribution >= 4 is 0 Å². The van der Waals surface area contributed by atoms with Crippen LogP contribution in [0.4, 0.5) is 4.39 Å². The van der Waals surface area contributed by atoms with Crippen molar-refractivity contribution in [2.75, 3.05) is 13.1 Å². The zero-order valence-electron chi connectivity index (χ0n) is 12.0. The number of benzene rings is 1. The number of nitrogens with zero attached hydrogens (tertiary/aromatic N) is 3. The topological polar surface area (TPSA) is 65.0 Å². The fraction of sp³-hybridized carbons (Fsp3) is 0.467. The quantitative estimate of drug-likeness (QED) is 0.903. The van der Waals surface area contributed by atoms with E-state index in [0.717, 1.165) is 30.3 Å². The van der Waals surface area contributed by atoms with Gasteiger partial charge >= 0.3 is 0 Å². The Hall–Kier alpha value is -1.79. The number of rotatable bonds is 3. The molecule has 1 aromatic heterocycles. The van der Waals surface area contributed by atoms with Gasteiger partial charge in [-0.1, -0.05) is 12.1 Å². The molecule has 1 aliphatic rings. The van der Waals surface area contributed by atoms with Gasteiger partial charge in [0, 0.05) is 13.1 Å². The molecule has 1 aliphatic heterocycles. The number of piperidine rings is 1. The molecule has 112 valence electrons. The van der Waals surface area contributed by atoms with Gasteiger partial charge in [-0.15, -0.1) is 0 Å². The molecule has 3 rings (SSSR count). The Kier molecular flexibility index (Phi) is 3.73. The lowest BCUT2D eigenvalue weighted by Gasteiger charge is -2.38. The highest BCUT2D eigenvalue weighted by molar-refractivity contribution is 5.23. The van der Waals surface area contributed by atoms with E-state index in [2.05, 4.69) is 20.1 Å². The van der Waals surface area contributed by atoms with Gasteiger partial charge in [-0.25, -0.2) is 9.37 Å². The summed E-state index contributed by atoms with van der Waals surface area (Å²) in [6.07, 6.45) is 1.25. The summed E-state index contributed by atoms with van der Waals surface area (Å²) in [6, 6.07) is 6.14. The van der Waals surface area contributed by atoms with Gasteiger partial charge in [0.25, 0.3) is 0 Å². The monoisotopic (exact) mass is 290 g/mol. The fourth-order valence-corrected chi connectivity index (χ4v) is 2.79. The van der Waals surface area contributed by atoms with E-state index in [1.54, 1.807) is 12.1 Å². The van der Waals surface area contributed by atoms with Crippen molar-refractivity contribution in [1.82, 2.24) is 20.1 Å². The maximum Gasteiger partial charge on any atom is 0.164 e. The molecule has 0 spiro atoms. The van der Waals surface area contributed by atoms with Crippen LogP contribution in [0.5, 0.6) is 0 Å². The molecule has 0 aliphatic carbocycles. The third-order valence-electron chi connectivity index (χ3n) is 4.07. The summed E-state index contributed by atoms with van der Waals surface area (Å²) in [5.41, 5.74) is -0.0728. The summed E-state index contributed by atoms with van der Waals surface area (Å²) in [7, 11) is 0. The van der Waals surface area contributed by atoms with Gasteiger partial charge in [0.2, 0.25) is 0 Å². The van der Waals surface area contributed by atoms with Crippen molar-refractivity contribution in [3.63, 3.8) is 0 Å². The summed E-state index contributed by atoms with van der Waals surface area (Å²) in [6.45, 7) is 4.09. The molecular weight excluding hydrogens is 271 g/mol. The Morgan fingerprint density at radius 1 is 1.29 bits per heavy atom. The third kappa shape index (κ3) is 3.11. The predicted octanol–water partition coefficient (Wildman–Crippen LogP) is 1.74. The Balaban J connectivity index is 1.62. The van der Waals surface area contributed by atoms with Gasteiger partial charge in [-0.3, -0.25) is 10.00 Å². The molecule has 2 heterocycles. The number of likely N-dealkylation sites (tertiary alicyclic amines) is 1. The van der Waals surface area contributed by atoms with Crippen LogP contribution in [0, 0.1) is 12.7 Å². The summed E-state index contributed by atoms with van der Waals surface area (Å²) in [4.78, 5) is 6.52. The molecule has 6 heteroatoms. The zero-order chi connectivity index (χ0) is 14.9. The first-order valence-electron chi connectivity index (χ1n) is 7.14. The molecule has 0 radical (unpaired) electrons. The maximum atomic E-state index is 13.0. The van der Waals surface area contributed by atoms with Crippen molar-refractivity contribution in [1.29, 1.82) is 0 Å². The van der Waals surface area contributed by atoms with Crippen LogP contribution in [0.1, 0.15) is 30.1 Å². The van der Waals surface area contributed by atoms with Gasteiger partial charge in [0.15, 0.2) is 5.82 Å². The number of halogens is 1. The second-order valence-electron chi connectivity index (χ2n) is 5.65. The van der Waals surface area contributed by atoms with E-state index in [0.29, 0.717) is 19.4 Å². The minimum Gasteiger partial charge on any atom is -0.385 e. The number of H-pyrrole nitrogens is 1. The van der Waals surface area contributed by atoms with Gasteiger partial charge < -0.3 is 5.11 Å². The second-order valence-corrected chi connectivity index (χ2v) is 5.65. The van der Waals surface area contributed by atoms with Crippen LogP contribution in [-0.4, -0.2) is 38.3 Å². The van der Waals surface area contributed by atoms with E-state index in [1.165, 1.54) is 12.1 Å². The average Bonchev–Trinajstić information content (AvgIpc) is 2.88. The van der Waals surface area contributed by atoms with E-state index < -0.39 is 5.60 Å². The number of aryl methyl sites for hydroxylation is 1. The molecule has 1 saturated heterocycles. The minimum absolute atomic E-state index is 0.278. The van der Waals surface area contributed by atoms with Crippen molar-refractivity contribution in [3.05, 3.63) is 47.3 Å². The van der Waals surface area contributed by atoms with Gasteiger partial charge in [0.05, 0.1) is 12.1 Å². The number of nitrogens with one attached hydrogen (secondary N) is 1. The highest BCUT2D eigenvalue weighted by Gasteiger charge is 2.34. The van der Waals surface area contributed by atoms with E-state index in [-0.39, 0.29) is 5.82 Å². The van der Waals surface area contributed by atoms with Gasteiger partial charge in [-0.2, -0.15) is 5.10 Å². The van der Waals surface area contributed by atoms with Crippen molar-refractivity contribution in [3.8, 4) is 0 Å². The molecule has 2 aromatic rings. The molecule has 0 unspecified atom stereocenters. The Labute approximate surface area is 122 Å². The van der Waals surface area contributed by atoms with E-state index in [1.807, 2.05) is 6.92 Å². The summed E-state index contributed by atoms with van der Waals surface area (Å²) >= 11 is 0. The molecule has 0 amide bonds. The Morgan fingerprint density at radius 3 is 2.52 bits per heavy atom. The maximum absolute atomic E-state index is 13.0. The number of aromatic nitrogens is 3. The molecule has 1 aromatic carbocycles. The third-order valence-corrected chi connectivity index (χ3v) is 4.07. The SMILES string of the molecule is Cc1nc(CN2CCC(O)(c3ccc(F)cc3)CC2)n[nH]1. The highest BCUT2D eigenvalue weighted by Crippen LogP contribution is 2.33. The molecular formula is C15H19FN4O. The predicted molar refractivity (Wildman–Crippen MR) is 75.9 cm³/mol. The van der Waals surface area contributed by atoms with Crippen LogP contribution >= 0.6 is 0 Å². The smallest absolute Gasteiger partial charge is 0.164 e. The fourth-order valence-electron chi connectivity index (χ4n) is 2.79. The number of aliphatic hydroxyl groups is 1. The lowest BCUT2D eigenvalue weighted by atomic mass is 9.84. The van der Waals surface area contributed by atoms with E-state index in [4.69, 9.17) is 0 Å². The Bertz CT molecular complexity index is 602. The molecule has 0 bridgehead atoms. The van der Waals surface area contributed by atoms with Gasteiger partial charge in [-0.05, 0) is 37.5 Å². The summed E-state index contributed by atoms with van der Waals surface area (Å²) < 4.78 is 13.0. The van der Waals surface area contributed by atoms with Crippen molar-refractivity contribution in [2.24, 2.45) is 0 Å². The number of hydrogen-bond acceptors (Lipinski definition) is 4. The van der Waals surface area contributed by atoms with Crippen molar-refractivity contribution < 1.29 is 9.50 Å². The number of aromatic amines is 1. The first kappa shape index (κ1) is 14.2. The van der Waals surface area contributed by atoms with Gasteiger partial charge in [0.1, 0.15) is 11.6 Å². The molecule has 1 fully saturated rings. The van der Waals surface area contributed by atoms with Crippen LogP contribution < -0.4 is 0 Å². The summed E-state index contributed by atoms with van der Waals surface area (Å²) in [5, 5.41) is 17.7. The lowest BCUT2D eigenvalue weighted by Crippen LogP contribution is -2.42. The highest BCUT2D eigenvalue weighted by atomic mass is 19.1. The van der Waals surface area contributed by atoms with E-state index >= 15 is 0 Å². The van der Waals surface area contributed by atoms with Crippen LogP contribution in [0.3, 0.4) is 0 Å². The molecule has 0 atom stereocenters. The number of hydrogen-bond donors (Lipinski definition) is 2. The normalized spacial score (nSPS) is 18.8.